The zero-order valence-corrected chi connectivity index (χ0v) is 20.7. The summed E-state index contributed by atoms with van der Waals surface area (Å²) in [5, 5.41) is 12.4. The number of benzene rings is 2. The minimum Gasteiger partial charge on any atom is -0.507 e. The summed E-state index contributed by atoms with van der Waals surface area (Å²) in [7, 11) is 1.92. The van der Waals surface area contributed by atoms with Crippen LogP contribution in [-0.2, 0) is 23.2 Å². The van der Waals surface area contributed by atoms with Gasteiger partial charge in [0.2, 0.25) is 0 Å². The molecule has 1 amide bonds. The first-order valence-electron chi connectivity index (χ1n) is 11.9. The van der Waals surface area contributed by atoms with Gasteiger partial charge in [-0.05, 0) is 62.7 Å². The lowest BCUT2D eigenvalue weighted by Crippen LogP contribution is -2.29. The molecule has 1 atom stereocenters. The molecule has 3 heterocycles. The number of rotatable bonds is 6. The van der Waals surface area contributed by atoms with Gasteiger partial charge in [0.15, 0.2) is 0 Å². The number of ketones is 1. The lowest BCUT2D eigenvalue weighted by atomic mass is 9.94. The van der Waals surface area contributed by atoms with E-state index in [2.05, 4.69) is 0 Å². The molecule has 0 aliphatic carbocycles. The molecule has 1 fully saturated rings. The van der Waals surface area contributed by atoms with Crippen molar-refractivity contribution in [1.29, 1.82) is 0 Å². The molecule has 2 aromatic heterocycles. The molecule has 0 bridgehead atoms. The molecular weight excluding hydrogens is 456 g/mol. The average Bonchev–Trinajstić information content (AvgIpc) is 3.54. The van der Waals surface area contributed by atoms with Crippen LogP contribution in [0.25, 0.3) is 16.7 Å². The molecule has 1 saturated heterocycles. The number of fused-ring (bicyclic) bond motifs is 1. The van der Waals surface area contributed by atoms with Gasteiger partial charge in [0.05, 0.1) is 30.5 Å². The van der Waals surface area contributed by atoms with Crippen LogP contribution in [0.5, 0.6) is 5.75 Å². The van der Waals surface area contributed by atoms with Gasteiger partial charge in [0.25, 0.3) is 11.7 Å². The van der Waals surface area contributed by atoms with Crippen LogP contribution >= 0.6 is 0 Å². The normalized spacial score (nSPS) is 17.5. The first-order valence-corrected chi connectivity index (χ1v) is 11.9. The Labute approximate surface area is 209 Å². The van der Waals surface area contributed by atoms with E-state index >= 15 is 0 Å². The molecule has 36 heavy (non-hydrogen) atoms. The molecular formula is C29H28N2O5. The lowest BCUT2D eigenvalue weighted by Gasteiger charge is -2.24. The number of aryl methyl sites for hydroxylation is 2. The van der Waals surface area contributed by atoms with Gasteiger partial charge in [-0.15, -0.1) is 0 Å². The summed E-state index contributed by atoms with van der Waals surface area (Å²) in [6.07, 6.45) is 3.44. The summed E-state index contributed by atoms with van der Waals surface area (Å²) in [5.41, 5.74) is 3.04. The molecule has 7 nitrogen and oxygen atoms in total. The number of ether oxygens (including phenoxy) is 1. The van der Waals surface area contributed by atoms with Gasteiger partial charge < -0.3 is 23.7 Å². The van der Waals surface area contributed by atoms with Crippen molar-refractivity contribution < 1.29 is 23.8 Å². The molecule has 1 aliphatic rings. The van der Waals surface area contributed by atoms with Crippen LogP contribution in [0.4, 0.5) is 0 Å². The first-order chi connectivity index (χ1) is 17.3. The summed E-state index contributed by atoms with van der Waals surface area (Å²) in [5.74, 6) is -0.370. The predicted molar refractivity (Wildman–Crippen MR) is 136 cm³/mol. The van der Waals surface area contributed by atoms with Gasteiger partial charge in [0, 0.05) is 35.3 Å². The minimum absolute atomic E-state index is 0.00133. The van der Waals surface area contributed by atoms with Crippen molar-refractivity contribution in [2.75, 3.05) is 0 Å². The highest BCUT2D eigenvalue weighted by molar-refractivity contribution is 6.46. The van der Waals surface area contributed by atoms with Gasteiger partial charge >= 0.3 is 0 Å². The number of likely N-dealkylation sites (tertiary alicyclic amines) is 1. The molecule has 7 heteroatoms. The van der Waals surface area contributed by atoms with Gasteiger partial charge in [-0.25, -0.2) is 0 Å². The van der Waals surface area contributed by atoms with Crippen LogP contribution in [0.15, 0.2) is 77.0 Å². The summed E-state index contributed by atoms with van der Waals surface area (Å²) >= 11 is 0. The Hall–Kier alpha value is -4.26. The zero-order chi connectivity index (χ0) is 25.6. The number of aromatic nitrogens is 1. The maximum absolute atomic E-state index is 13.4. The highest BCUT2D eigenvalue weighted by atomic mass is 16.5. The third-order valence-corrected chi connectivity index (χ3v) is 6.48. The second-order valence-corrected chi connectivity index (χ2v) is 9.37. The molecule has 1 aliphatic heterocycles. The number of nitrogens with zero attached hydrogens (tertiary/aromatic N) is 2. The quantitative estimate of drug-likeness (QED) is 0.222. The van der Waals surface area contributed by atoms with E-state index in [-0.39, 0.29) is 24.0 Å². The summed E-state index contributed by atoms with van der Waals surface area (Å²) in [6.45, 7) is 5.87. The number of amides is 1. The number of para-hydroxylation sites is 1. The van der Waals surface area contributed by atoms with E-state index in [1.165, 1.54) is 11.2 Å². The van der Waals surface area contributed by atoms with Gasteiger partial charge in [0.1, 0.15) is 17.3 Å². The third-order valence-electron chi connectivity index (χ3n) is 6.48. The van der Waals surface area contributed by atoms with E-state index in [4.69, 9.17) is 9.15 Å². The van der Waals surface area contributed by atoms with Crippen molar-refractivity contribution in [1.82, 2.24) is 9.47 Å². The number of hydrogen-bond acceptors (Lipinski definition) is 5. The second kappa shape index (κ2) is 9.07. The first kappa shape index (κ1) is 23.5. The van der Waals surface area contributed by atoms with Gasteiger partial charge in [-0.1, -0.05) is 18.2 Å². The van der Waals surface area contributed by atoms with Gasteiger partial charge in [-0.3, -0.25) is 9.59 Å². The highest BCUT2D eigenvalue weighted by Crippen LogP contribution is 2.43. The number of carbonyl (C=O) groups is 2. The maximum Gasteiger partial charge on any atom is 0.296 e. The summed E-state index contributed by atoms with van der Waals surface area (Å²) < 4.78 is 13.3. The number of aliphatic hydroxyl groups is 1. The number of furan rings is 1. The van der Waals surface area contributed by atoms with Crippen LogP contribution in [0.1, 0.15) is 42.3 Å². The molecule has 0 saturated carbocycles. The molecule has 1 N–H and O–H groups in total. The van der Waals surface area contributed by atoms with Crippen molar-refractivity contribution in [3.63, 3.8) is 0 Å². The molecule has 2 aromatic carbocycles. The van der Waals surface area contributed by atoms with E-state index < -0.39 is 17.7 Å². The molecule has 1 unspecified atom stereocenters. The van der Waals surface area contributed by atoms with Crippen molar-refractivity contribution in [3.8, 4) is 5.75 Å². The van der Waals surface area contributed by atoms with Crippen LogP contribution < -0.4 is 4.74 Å². The van der Waals surface area contributed by atoms with Crippen molar-refractivity contribution in [2.45, 2.75) is 39.5 Å². The highest BCUT2D eigenvalue weighted by Gasteiger charge is 2.47. The fraction of sp³-hybridized carbons (Fsp3) is 0.241. The van der Waals surface area contributed by atoms with E-state index in [1.54, 1.807) is 30.3 Å². The SMILES string of the molecule is Cc1cc(/C(O)=C2\C(=O)C(=O)N(Cc3ccco3)C2c2cn(C)c3ccccc23)ccc1OC(C)C. The Balaban J connectivity index is 1.69. The average molecular weight is 485 g/mol. The third kappa shape index (κ3) is 3.96. The Morgan fingerprint density at radius 2 is 1.89 bits per heavy atom. The van der Waals surface area contributed by atoms with E-state index in [9.17, 15) is 14.7 Å². The molecule has 0 radical (unpaired) electrons. The Morgan fingerprint density at radius 1 is 1.11 bits per heavy atom. The number of aliphatic hydroxyl groups excluding tert-OH is 1. The topological polar surface area (TPSA) is 84.9 Å². The monoisotopic (exact) mass is 484 g/mol. The van der Waals surface area contributed by atoms with Crippen molar-refractivity contribution in [2.24, 2.45) is 7.05 Å². The Bertz CT molecular complexity index is 1490. The summed E-state index contributed by atoms with van der Waals surface area (Å²) in [6, 6.07) is 15.8. The zero-order valence-electron chi connectivity index (χ0n) is 20.7. The Morgan fingerprint density at radius 3 is 2.58 bits per heavy atom. The second-order valence-electron chi connectivity index (χ2n) is 9.37. The van der Waals surface area contributed by atoms with Crippen LogP contribution in [0.2, 0.25) is 0 Å². The molecule has 184 valence electrons. The Kier molecular flexibility index (Phi) is 5.92. The minimum atomic E-state index is -0.784. The summed E-state index contributed by atoms with van der Waals surface area (Å²) in [4.78, 5) is 28.2. The van der Waals surface area contributed by atoms with Crippen LogP contribution in [-0.4, -0.2) is 32.4 Å². The standard InChI is InChI=1S/C29H28N2O5/c1-17(2)36-24-12-11-19(14-18(24)3)27(32)25-26(22-16-30(4)23-10-6-5-9-21(22)23)31(29(34)28(25)33)15-20-8-7-13-35-20/h5-14,16-17,26,32H,15H2,1-4H3/b27-25+. The van der Waals surface area contributed by atoms with Crippen molar-refractivity contribution >= 4 is 28.4 Å². The lowest BCUT2D eigenvalue weighted by molar-refractivity contribution is -0.140. The van der Waals surface area contributed by atoms with Gasteiger partial charge in [-0.2, -0.15) is 0 Å². The van der Waals surface area contributed by atoms with Crippen molar-refractivity contribution in [3.05, 3.63) is 95.1 Å². The number of hydrogen-bond donors (Lipinski definition) is 1. The molecule has 0 spiro atoms. The van der Waals surface area contributed by atoms with E-state index in [1.807, 2.05) is 62.8 Å². The van der Waals surface area contributed by atoms with E-state index in [0.717, 1.165) is 22.0 Å². The van der Waals surface area contributed by atoms with E-state index in [0.29, 0.717) is 17.1 Å². The number of Topliss-reactive ketones (excluding diaryl/α,β-unsaturated/α-hetero) is 1. The smallest absolute Gasteiger partial charge is 0.296 e. The van der Waals surface area contributed by atoms with Crippen LogP contribution in [0, 0.1) is 6.92 Å². The predicted octanol–water partition coefficient (Wildman–Crippen LogP) is 5.49. The molecule has 5 rings (SSSR count). The fourth-order valence-corrected chi connectivity index (χ4v) is 4.87. The van der Waals surface area contributed by atoms with Crippen LogP contribution in [0.3, 0.4) is 0 Å². The number of carbonyl (C=O) groups excluding carboxylic acids is 2. The maximum atomic E-state index is 13.4. The molecule has 4 aromatic rings. The largest absolute Gasteiger partial charge is 0.507 e. The fourth-order valence-electron chi connectivity index (χ4n) is 4.87.